The standard InChI is InChI=1S/C39H26N2O/c42-39(29-16-8-3-9-17-29)41-37-19-11-10-18-33(37)34-20-21-36-35(38(34)41)22-23-40(36)32-25-30(27-12-4-1-5-13-27)24-31(26-32)28-14-6-2-7-15-28/h1-26H. The molecule has 198 valence electrons. The van der Waals surface area contributed by atoms with Crippen LogP contribution in [0.1, 0.15) is 10.4 Å². The van der Waals surface area contributed by atoms with Gasteiger partial charge in [0.25, 0.3) is 5.91 Å². The fraction of sp³-hybridized carbons (Fsp3) is 0. The molecule has 0 N–H and O–H groups in total. The van der Waals surface area contributed by atoms with E-state index in [9.17, 15) is 4.79 Å². The summed E-state index contributed by atoms with van der Waals surface area (Å²) in [7, 11) is 0. The fourth-order valence-corrected chi connectivity index (χ4v) is 6.17. The monoisotopic (exact) mass is 538 g/mol. The molecule has 0 radical (unpaired) electrons. The van der Waals surface area contributed by atoms with Crippen LogP contribution in [0.15, 0.2) is 158 Å². The summed E-state index contributed by atoms with van der Waals surface area (Å²) in [5.74, 6) is -0.0283. The second kappa shape index (κ2) is 9.76. The van der Waals surface area contributed by atoms with Gasteiger partial charge in [-0.1, -0.05) is 103 Å². The van der Waals surface area contributed by atoms with E-state index < -0.39 is 0 Å². The SMILES string of the molecule is O=C(c1ccccc1)n1c2ccccc2c2ccc3c(ccn3-c3cc(-c4ccccc4)cc(-c4ccccc4)c3)c21. The molecule has 0 unspecified atom stereocenters. The molecule has 42 heavy (non-hydrogen) atoms. The first-order chi connectivity index (χ1) is 20.8. The van der Waals surface area contributed by atoms with E-state index in [1.807, 2.05) is 65.2 Å². The highest BCUT2D eigenvalue weighted by atomic mass is 16.2. The van der Waals surface area contributed by atoms with Crippen molar-refractivity contribution in [3.05, 3.63) is 163 Å². The zero-order valence-electron chi connectivity index (χ0n) is 22.8. The Labute approximate surface area is 243 Å². The second-order valence-electron chi connectivity index (χ2n) is 10.6. The quantitative estimate of drug-likeness (QED) is 0.219. The van der Waals surface area contributed by atoms with Crippen LogP contribution in [0.25, 0.3) is 60.6 Å². The van der Waals surface area contributed by atoms with Crippen LogP contribution in [0.2, 0.25) is 0 Å². The molecule has 0 aliphatic rings. The molecule has 0 aliphatic heterocycles. The molecule has 3 nitrogen and oxygen atoms in total. The zero-order valence-corrected chi connectivity index (χ0v) is 22.8. The van der Waals surface area contributed by atoms with Crippen LogP contribution in [0, 0.1) is 0 Å². The number of para-hydroxylation sites is 1. The molecule has 0 saturated carbocycles. The Morgan fingerprint density at radius 3 is 1.71 bits per heavy atom. The van der Waals surface area contributed by atoms with Gasteiger partial charge in [-0.25, -0.2) is 0 Å². The minimum Gasteiger partial charge on any atom is -0.316 e. The summed E-state index contributed by atoms with van der Waals surface area (Å²) in [4.78, 5) is 14.0. The van der Waals surface area contributed by atoms with Crippen molar-refractivity contribution in [2.75, 3.05) is 0 Å². The van der Waals surface area contributed by atoms with Crippen LogP contribution < -0.4 is 0 Å². The number of aromatic nitrogens is 2. The number of carbonyl (C=O) groups excluding carboxylic acids is 1. The minimum absolute atomic E-state index is 0.0283. The van der Waals surface area contributed by atoms with Crippen molar-refractivity contribution in [2.45, 2.75) is 0 Å². The Kier molecular flexibility index (Phi) is 5.61. The third-order valence-corrected chi connectivity index (χ3v) is 8.14. The number of carbonyl (C=O) groups is 1. The molecule has 0 bridgehead atoms. The molecule has 2 aromatic heterocycles. The third kappa shape index (κ3) is 3.87. The Hall–Kier alpha value is -5.67. The van der Waals surface area contributed by atoms with Crippen LogP contribution in [0.3, 0.4) is 0 Å². The molecule has 0 spiro atoms. The van der Waals surface area contributed by atoms with Crippen molar-refractivity contribution in [1.82, 2.24) is 9.13 Å². The van der Waals surface area contributed by atoms with Crippen LogP contribution in [0.5, 0.6) is 0 Å². The summed E-state index contributed by atoms with van der Waals surface area (Å²) in [5.41, 5.74) is 9.29. The van der Waals surface area contributed by atoms with Crippen LogP contribution in [-0.4, -0.2) is 15.0 Å². The third-order valence-electron chi connectivity index (χ3n) is 8.14. The summed E-state index contributed by atoms with van der Waals surface area (Å²) < 4.78 is 4.13. The largest absolute Gasteiger partial charge is 0.316 e. The molecule has 0 aliphatic carbocycles. The van der Waals surface area contributed by atoms with E-state index in [2.05, 4.69) is 102 Å². The molecule has 0 fully saturated rings. The summed E-state index contributed by atoms with van der Waals surface area (Å²) in [6.07, 6.45) is 2.12. The number of rotatable bonds is 4. The summed E-state index contributed by atoms with van der Waals surface area (Å²) in [6.45, 7) is 0. The summed E-state index contributed by atoms with van der Waals surface area (Å²) in [5, 5.41) is 3.19. The lowest BCUT2D eigenvalue weighted by atomic mass is 9.98. The maximum atomic E-state index is 14.0. The highest BCUT2D eigenvalue weighted by Crippen LogP contribution is 2.37. The molecule has 0 saturated heterocycles. The van der Waals surface area contributed by atoms with Crippen molar-refractivity contribution in [2.24, 2.45) is 0 Å². The summed E-state index contributed by atoms with van der Waals surface area (Å²) >= 11 is 0. The van der Waals surface area contributed by atoms with Gasteiger partial charge in [-0.2, -0.15) is 0 Å². The normalized spacial score (nSPS) is 11.4. The lowest BCUT2D eigenvalue weighted by Crippen LogP contribution is -2.11. The number of nitrogens with zero attached hydrogens (tertiary/aromatic N) is 2. The average Bonchev–Trinajstić information content (AvgIpc) is 3.65. The van der Waals surface area contributed by atoms with Crippen LogP contribution in [0.4, 0.5) is 0 Å². The van der Waals surface area contributed by atoms with Gasteiger partial charge >= 0.3 is 0 Å². The molecule has 8 aromatic rings. The Morgan fingerprint density at radius 1 is 0.452 bits per heavy atom. The predicted octanol–water partition coefficient (Wildman–Crippen LogP) is 9.76. The van der Waals surface area contributed by atoms with Gasteiger partial charge in [0, 0.05) is 33.6 Å². The van der Waals surface area contributed by atoms with E-state index in [1.54, 1.807) is 0 Å². The highest BCUT2D eigenvalue weighted by Gasteiger charge is 2.20. The van der Waals surface area contributed by atoms with Gasteiger partial charge in [-0.15, -0.1) is 0 Å². The highest BCUT2D eigenvalue weighted by molar-refractivity contribution is 6.23. The van der Waals surface area contributed by atoms with E-state index in [1.165, 1.54) is 11.1 Å². The van der Waals surface area contributed by atoms with Gasteiger partial charge in [0.05, 0.1) is 16.6 Å². The number of hydrogen-bond acceptors (Lipinski definition) is 1. The average molecular weight is 539 g/mol. The Bertz CT molecular complexity index is 2180. The lowest BCUT2D eigenvalue weighted by Gasteiger charge is -2.13. The zero-order chi connectivity index (χ0) is 28.0. The smallest absolute Gasteiger partial charge is 0.262 e. The van der Waals surface area contributed by atoms with Gasteiger partial charge in [0.15, 0.2) is 0 Å². The number of benzene rings is 6. The topological polar surface area (TPSA) is 26.9 Å². The van der Waals surface area contributed by atoms with E-state index in [0.717, 1.165) is 49.5 Å². The molecule has 2 heterocycles. The van der Waals surface area contributed by atoms with Gasteiger partial charge in [-0.05, 0) is 70.8 Å². The van der Waals surface area contributed by atoms with Crippen LogP contribution >= 0.6 is 0 Å². The Balaban J connectivity index is 1.39. The van der Waals surface area contributed by atoms with Gasteiger partial charge < -0.3 is 4.57 Å². The lowest BCUT2D eigenvalue weighted by molar-refractivity contribution is 0.0969. The molecule has 0 amide bonds. The molecule has 0 atom stereocenters. The second-order valence-corrected chi connectivity index (χ2v) is 10.6. The maximum Gasteiger partial charge on any atom is 0.262 e. The van der Waals surface area contributed by atoms with E-state index in [0.29, 0.717) is 5.56 Å². The first-order valence-electron chi connectivity index (χ1n) is 14.2. The van der Waals surface area contributed by atoms with Crippen molar-refractivity contribution in [1.29, 1.82) is 0 Å². The summed E-state index contributed by atoms with van der Waals surface area (Å²) in [6, 6.07) is 51.9. The maximum absolute atomic E-state index is 14.0. The predicted molar refractivity (Wildman–Crippen MR) is 173 cm³/mol. The molecular formula is C39H26N2O. The van der Waals surface area contributed by atoms with Gasteiger partial charge in [-0.3, -0.25) is 9.36 Å². The van der Waals surface area contributed by atoms with E-state index in [-0.39, 0.29) is 5.91 Å². The molecule has 8 rings (SSSR count). The van der Waals surface area contributed by atoms with Gasteiger partial charge in [0.2, 0.25) is 0 Å². The minimum atomic E-state index is -0.0283. The molecule has 3 heteroatoms. The first-order valence-corrected chi connectivity index (χ1v) is 14.2. The van der Waals surface area contributed by atoms with Crippen molar-refractivity contribution in [3.63, 3.8) is 0 Å². The first kappa shape index (κ1) is 24.2. The molecule has 6 aromatic carbocycles. The van der Waals surface area contributed by atoms with E-state index >= 15 is 0 Å². The van der Waals surface area contributed by atoms with Crippen molar-refractivity contribution in [3.8, 4) is 27.9 Å². The molecular weight excluding hydrogens is 512 g/mol. The van der Waals surface area contributed by atoms with Crippen molar-refractivity contribution >= 4 is 38.6 Å². The number of hydrogen-bond donors (Lipinski definition) is 0. The number of fused-ring (bicyclic) bond motifs is 5. The van der Waals surface area contributed by atoms with Gasteiger partial charge in [0.1, 0.15) is 0 Å². The fourth-order valence-electron chi connectivity index (χ4n) is 6.17. The van der Waals surface area contributed by atoms with Crippen molar-refractivity contribution < 1.29 is 4.79 Å². The Morgan fingerprint density at radius 2 is 1.05 bits per heavy atom. The van der Waals surface area contributed by atoms with Crippen LogP contribution in [-0.2, 0) is 0 Å². The van der Waals surface area contributed by atoms with E-state index in [4.69, 9.17) is 0 Å².